The molecule has 1 fully saturated rings. The first-order chi connectivity index (χ1) is 15.9. The van der Waals surface area contributed by atoms with Crippen molar-refractivity contribution < 1.29 is 4.79 Å². The quantitative estimate of drug-likeness (QED) is 0.394. The Morgan fingerprint density at radius 1 is 1.18 bits per heavy atom. The van der Waals surface area contributed by atoms with E-state index in [2.05, 4.69) is 17.4 Å². The van der Waals surface area contributed by atoms with Gasteiger partial charge in [-0.1, -0.05) is 67.3 Å². The van der Waals surface area contributed by atoms with E-state index in [-0.39, 0.29) is 17.5 Å². The number of aromatic nitrogens is 2. The lowest BCUT2D eigenvalue weighted by Crippen LogP contribution is -2.36. The molecule has 1 saturated heterocycles. The number of amides is 1. The molecule has 170 valence electrons. The third-order valence-electron chi connectivity index (χ3n) is 5.69. The number of carbonyl (C=O) groups is 1. The summed E-state index contributed by atoms with van der Waals surface area (Å²) >= 11 is 6.68. The molecule has 2 aromatic heterocycles. The molecule has 3 heterocycles. The fourth-order valence-corrected chi connectivity index (χ4v) is 5.11. The Hall–Kier alpha value is -2.97. The Balaban J connectivity index is 1.73. The summed E-state index contributed by atoms with van der Waals surface area (Å²) < 4.78 is 2.04. The van der Waals surface area contributed by atoms with E-state index in [1.807, 2.05) is 51.1 Å². The van der Waals surface area contributed by atoms with Crippen LogP contribution in [0.5, 0.6) is 0 Å². The van der Waals surface area contributed by atoms with Crippen LogP contribution in [0.25, 0.3) is 11.7 Å². The van der Waals surface area contributed by atoms with Crippen molar-refractivity contribution in [2.75, 3.05) is 11.9 Å². The van der Waals surface area contributed by atoms with Crippen LogP contribution < -0.4 is 10.9 Å². The minimum Gasteiger partial charge on any atom is -0.369 e. The number of fused-ring (bicyclic) bond motifs is 1. The lowest BCUT2D eigenvalue weighted by molar-refractivity contribution is -0.123. The largest absolute Gasteiger partial charge is 0.369 e. The van der Waals surface area contributed by atoms with Crippen molar-refractivity contribution in [1.82, 2.24) is 14.3 Å². The average Bonchev–Trinajstić information content (AvgIpc) is 3.09. The predicted molar refractivity (Wildman–Crippen MR) is 140 cm³/mol. The Morgan fingerprint density at radius 2 is 1.94 bits per heavy atom. The van der Waals surface area contributed by atoms with E-state index in [0.717, 1.165) is 18.4 Å². The van der Waals surface area contributed by atoms with E-state index in [0.29, 0.717) is 32.8 Å². The van der Waals surface area contributed by atoms with Gasteiger partial charge in [0.25, 0.3) is 11.5 Å². The number of nitrogens with one attached hydrogen (secondary N) is 1. The van der Waals surface area contributed by atoms with Gasteiger partial charge in [-0.2, -0.15) is 0 Å². The summed E-state index contributed by atoms with van der Waals surface area (Å²) in [5.74, 6) is 0.303. The molecule has 0 aliphatic carbocycles. The molecule has 33 heavy (non-hydrogen) atoms. The Labute approximate surface area is 202 Å². The van der Waals surface area contributed by atoms with Gasteiger partial charge in [0.1, 0.15) is 15.8 Å². The lowest BCUT2D eigenvalue weighted by Gasteiger charge is -2.21. The van der Waals surface area contributed by atoms with Gasteiger partial charge in [0, 0.05) is 18.8 Å². The van der Waals surface area contributed by atoms with Crippen LogP contribution in [0, 0.1) is 6.92 Å². The number of anilines is 1. The molecular weight excluding hydrogens is 452 g/mol. The maximum absolute atomic E-state index is 13.5. The molecule has 6 nitrogen and oxygen atoms in total. The highest BCUT2D eigenvalue weighted by Gasteiger charge is 2.35. The normalized spacial score (nSPS) is 16.1. The van der Waals surface area contributed by atoms with Crippen molar-refractivity contribution in [3.8, 4) is 0 Å². The first kappa shape index (κ1) is 23.2. The van der Waals surface area contributed by atoms with Crippen LogP contribution in [0.2, 0.25) is 0 Å². The first-order valence-corrected chi connectivity index (χ1v) is 12.2. The summed E-state index contributed by atoms with van der Waals surface area (Å²) in [6, 6.07) is 13.9. The van der Waals surface area contributed by atoms with Gasteiger partial charge >= 0.3 is 0 Å². The third-order valence-corrected chi connectivity index (χ3v) is 7.02. The molecule has 1 aliphatic heterocycles. The zero-order chi connectivity index (χ0) is 23.5. The van der Waals surface area contributed by atoms with Gasteiger partial charge in [0.15, 0.2) is 0 Å². The summed E-state index contributed by atoms with van der Waals surface area (Å²) in [6.45, 7) is 6.52. The van der Waals surface area contributed by atoms with Crippen molar-refractivity contribution in [1.29, 1.82) is 0 Å². The highest BCUT2D eigenvalue weighted by atomic mass is 32.2. The van der Waals surface area contributed by atoms with Crippen molar-refractivity contribution in [3.05, 3.63) is 80.6 Å². The molecule has 0 saturated carbocycles. The number of nitrogens with zero attached hydrogens (tertiary/aromatic N) is 3. The third kappa shape index (κ3) is 4.86. The molecule has 1 amide bonds. The highest BCUT2D eigenvalue weighted by Crippen LogP contribution is 2.34. The van der Waals surface area contributed by atoms with E-state index in [1.165, 1.54) is 21.7 Å². The van der Waals surface area contributed by atoms with Gasteiger partial charge in [-0.25, -0.2) is 4.98 Å². The number of carbonyl (C=O) groups excluding carboxylic acids is 1. The van der Waals surface area contributed by atoms with E-state index < -0.39 is 0 Å². The maximum atomic E-state index is 13.5. The van der Waals surface area contributed by atoms with Crippen LogP contribution in [-0.4, -0.2) is 37.1 Å². The molecule has 1 unspecified atom stereocenters. The molecule has 1 atom stereocenters. The monoisotopic (exact) mass is 478 g/mol. The molecule has 3 aromatic rings. The van der Waals surface area contributed by atoms with Gasteiger partial charge in [-0.05, 0) is 50.0 Å². The molecule has 0 bridgehead atoms. The Bertz CT molecular complexity index is 1300. The van der Waals surface area contributed by atoms with E-state index in [4.69, 9.17) is 17.2 Å². The second-order valence-corrected chi connectivity index (χ2v) is 9.76. The molecular formula is C25H26N4O2S2. The number of thioether (sulfide) groups is 1. The first-order valence-electron chi connectivity index (χ1n) is 11.0. The highest BCUT2D eigenvalue weighted by molar-refractivity contribution is 8.26. The second kappa shape index (κ2) is 9.89. The molecule has 1 aliphatic rings. The topological polar surface area (TPSA) is 66.7 Å². The van der Waals surface area contributed by atoms with Crippen LogP contribution >= 0.6 is 24.0 Å². The predicted octanol–water partition coefficient (Wildman–Crippen LogP) is 4.66. The van der Waals surface area contributed by atoms with Gasteiger partial charge in [-0.15, -0.1) is 0 Å². The van der Waals surface area contributed by atoms with Crippen molar-refractivity contribution >= 4 is 51.7 Å². The van der Waals surface area contributed by atoms with Gasteiger partial charge in [0.05, 0.1) is 10.5 Å². The molecule has 0 radical (unpaired) electrons. The molecule has 0 spiro atoms. The number of thiocarbonyl (C=S) groups is 1. The van der Waals surface area contributed by atoms with Gasteiger partial charge in [0.2, 0.25) is 0 Å². The zero-order valence-corrected chi connectivity index (χ0v) is 20.5. The van der Waals surface area contributed by atoms with Gasteiger partial charge < -0.3 is 5.32 Å². The summed E-state index contributed by atoms with van der Waals surface area (Å²) in [5.41, 5.74) is 2.83. The van der Waals surface area contributed by atoms with Crippen LogP contribution in [-0.2, 0) is 11.2 Å². The second-order valence-electron chi connectivity index (χ2n) is 8.09. The number of aryl methyl sites for hydroxylation is 1. The minimum absolute atomic E-state index is 0.00495. The summed E-state index contributed by atoms with van der Waals surface area (Å²) in [6.07, 6.45) is 4.98. The smallest absolute Gasteiger partial charge is 0.267 e. The minimum atomic E-state index is -0.222. The standard InChI is InChI=1S/C25H26N4O2S2/c1-4-17(3)29-24(31)20(33-25(29)32)14-19-22(26-13-12-18-8-6-5-7-9-18)27-21-11-10-16(2)15-28(21)23(19)30/h5-11,14-15,17,26H,4,12-13H2,1-3H3. The fourth-order valence-electron chi connectivity index (χ4n) is 3.67. The Kier molecular flexibility index (Phi) is 6.95. The van der Waals surface area contributed by atoms with E-state index in [9.17, 15) is 9.59 Å². The maximum Gasteiger partial charge on any atom is 0.267 e. The average molecular weight is 479 g/mol. The lowest BCUT2D eigenvalue weighted by atomic mass is 10.1. The summed E-state index contributed by atoms with van der Waals surface area (Å²) in [5, 5.41) is 3.32. The molecule has 1 aromatic carbocycles. The molecule has 8 heteroatoms. The van der Waals surface area contributed by atoms with Crippen LogP contribution in [0.1, 0.15) is 37.0 Å². The summed E-state index contributed by atoms with van der Waals surface area (Å²) in [4.78, 5) is 33.3. The summed E-state index contributed by atoms with van der Waals surface area (Å²) in [7, 11) is 0. The van der Waals surface area contributed by atoms with Crippen LogP contribution in [0.15, 0.2) is 58.4 Å². The number of pyridine rings is 1. The molecule has 1 N–H and O–H groups in total. The van der Waals surface area contributed by atoms with E-state index in [1.54, 1.807) is 17.2 Å². The number of hydrogen-bond acceptors (Lipinski definition) is 6. The number of rotatable bonds is 7. The van der Waals surface area contributed by atoms with Crippen molar-refractivity contribution in [2.45, 2.75) is 39.7 Å². The fraction of sp³-hybridized carbons (Fsp3) is 0.280. The van der Waals surface area contributed by atoms with Crippen molar-refractivity contribution in [3.63, 3.8) is 0 Å². The van der Waals surface area contributed by atoms with Crippen LogP contribution in [0.3, 0.4) is 0 Å². The van der Waals surface area contributed by atoms with Gasteiger partial charge in [-0.3, -0.25) is 18.9 Å². The zero-order valence-electron chi connectivity index (χ0n) is 18.9. The number of hydrogen-bond donors (Lipinski definition) is 1. The molecule has 4 rings (SSSR count). The Morgan fingerprint density at radius 3 is 2.67 bits per heavy atom. The SMILES string of the molecule is CCC(C)N1C(=O)C(=Cc2c(NCCc3ccccc3)nc3ccc(C)cn3c2=O)SC1=S. The van der Waals surface area contributed by atoms with E-state index >= 15 is 0 Å². The van der Waals surface area contributed by atoms with Crippen molar-refractivity contribution in [2.24, 2.45) is 0 Å². The number of benzene rings is 1. The van der Waals surface area contributed by atoms with Crippen LogP contribution in [0.4, 0.5) is 5.82 Å².